The summed E-state index contributed by atoms with van der Waals surface area (Å²) in [6.45, 7) is 40.2. The second-order valence-electron chi connectivity index (χ2n) is 33.1. The predicted molar refractivity (Wildman–Crippen MR) is 592 cm³/mol. The molecule has 2 heterocycles. The van der Waals surface area contributed by atoms with Crippen LogP contribution in [-0.2, 0) is 30.8 Å². The molecule has 0 bridgehead atoms. The van der Waals surface area contributed by atoms with Crippen LogP contribution in [0.5, 0.6) is 5.75 Å². The Morgan fingerprint density at radius 3 is 1.22 bits per heavy atom. The highest BCUT2D eigenvalue weighted by molar-refractivity contribution is 7.20. The summed E-state index contributed by atoms with van der Waals surface area (Å²) in [5.74, 6) is -0.697. The Kier molecular flexibility index (Phi) is 71.9. The van der Waals surface area contributed by atoms with E-state index in [4.69, 9.17) is 28.5 Å². The summed E-state index contributed by atoms with van der Waals surface area (Å²) in [5, 5.41) is 55.9. The number of aryl methyl sites for hydroxylation is 2. The fourth-order valence-electron chi connectivity index (χ4n) is 10.9. The lowest BCUT2D eigenvalue weighted by Gasteiger charge is -2.11. The van der Waals surface area contributed by atoms with E-state index in [0.717, 1.165) is 43.8 Å². The molecule has 0 spiro atoms. The zero-order valence-corrected chi connectivity index (χ0v) is 83.7. The van der Waals surface area contributed by atoms with Crippen molar-refractivity contribution in [3.8, 4) is 11.8 Å². The van der Waals surface area contributed by atoms with Crippen LogP contribution in [-0.4, -0.2) is 115 Å². The van der Waals surface area contributed by atoms with E-state index in [2.05, 4.69) is 109 Å². The molecule has 0 fully saturated rings. The van der Waals surface area contributed by atoms with Crippen molar-refractivity contribution >= 4 is 138 Å². The number of anilines is 3. The number of ether oxygens (including phenoxy) is 1. The van der Waals surface area contributed by atoms with Gasteiger partial charge in [-0.2, -0.15) is 5.26 Å². The highest BCUT2D eigenvalue weighted by Crippen LogP contribution is 2.27. The molecular formula is C109H158Cl2F4N16O10S2. The number of nitriles is 1. The van der Waals surface area contributed by atoms with E-state index in [0.29, 0.717) is 64.3 Å². The first-order chi connectivity index (χ1) is 64.1. The molecule has 9 aromatic carbocycles. The van der Waals surface area contributed by atoms with Gasteiger partial charge >= 0.3 is 42.5 Å². The summed E-state index contributed by atoms with van der Waals surface area (Å²) in [7, 11) is 0. The normalized spacial score (nSPS) is 9.86. The molecule has 143 heavy (non-hydrogen) atoms. The van der Waals surface area contributed by atoms with E-state index in [1.807, 2.05) is 245 Å². The Balaban J connectivity index is -0.000000497. The molecule has 0 radical (unpaired) electrons. The number of nitrogens with one attached hydrogen (secondary N) is 15. The Morgan fingerprint density at radius 1 is 0.385 bits per heavy atom. The van der Waals surface area contributed by atoms with Crippen LogP contribution in [0.25, 0.3) is 20.9 Å². The van der Waals surface area contributed by atoms with Crippen molar-refractivity contribution in [2.75, 3.05) is 16.0 Å². The van der Waals surface area contributed by atoms with Gasteiger partial charge in [-0.3, -0.25) is 14.4 Å². The minimum Gasteiger partial charge on any atom is -0.406 e. The summed E-state index contributed by atoms with van der Waals surface area (Å²) in [6.07, 6.45) is -4.27. The van der Waals surface area contributed by atoms with Crippen LogP contribution in [0.15, 0.2) is 230 Å². The number of hydrogen-bond donors (Lipinski definition) is 15. The predicted octanol–water partition coefficient (Wildman–Crippen LogP) is 27.5. The molecule has 0 aliphatic carbocycles. The topological polar surface area (TPSA) is 367 Å². The van der Waals surface area contributed by atoms with E-state index in [1.54, 1.807) is 67.6 Å². The number of thiophene rings is 2. The van der Waals surface area contributed by atoms with Crippen LogP contribution in [0, 0.1) is 31.0 Å². The number of urea groups is 6. The Bertz CT molecular complexity index is 5480. The lowest BCUT2D eigenvalue weighted by atomic mass is 10.0. The van der Waals surface area contributed by atoms with Gasteiger partial charge in [0.15, 0.2) is 0 Å². The lowest BCUT2D eigenvalue weighted by molar-refractivity contribution is -0.274. The first-order valence-corrected chi connectivity index (χ1v) is 46.5. The zero-order chi connectivity index (χ0) is 102. The van der Waals surface area contributed by atoms with Gasteiger partial charge < -0.3 is 84.5 Å². The van der Waals surface area contributed by atoms with E-state index < -0.39 is 12.4 Å². The van der Waals surface area contributed by atoms with Crippen LogP contribution in [0.1, 0.15) is 235 Å². The fraction of sp³-hybridized carbons (Fsp3) is 0.376. The molecule has 2 aromatic heterocycles. The van der Waals surface area contributed by atoms with Gasteiger partial charge in [0.1, 0.15) is 11.6 Å². The number of fused-ring (bicyclic) bond motifs is 2. The number of benzene rings is 9. The monoisotopic (exact) mass is 2060 g/mol. The SMILES string of the molecule is C.C.C.C.C.C.C.CC(C)NC(=O)Cc1ccc2ccccc2c1.CC(C)NC(=O)NCc1cccs1.CC(C)NC(=O)Nc1ccc(C#N)cc1.CC(C)NC(=O)Nc1ccc(F)cc1.CC(C)NC(=O)Nc1ccc(OC(F)(F)F)cc1.CC(C)NC(=O)c1cc2ccccc2s1.CC(C)NC(=O)c1ccc(Cl)c(Cl)c1.Cc1ccc(CNC(=O)NC(C)C)cc1.Cc1ccccc1CNC(=O)NC(C)C. The zero-order valence-electron chi connectivity index (χ0n) is 80.6. The summed E-state index contributed by atoms with van der Waals surface area (Å²) in [5.41, 5.74) is 8.46. The van der Waals surface area contributed by atoms with Gasteiger partial charge in [-0.1, -0.05) is 196 Å². The largest absolute Gasteiger partial charge is 0.573 e. The van der Waals surface area contributed by atoms with Gasteiger partial charge in [0.2, 0.25) is 5.91 Å². The third-order valence-electron chi connectivity index (χ3n) is 16.8. The molecule has 0 aliphatic heterocycles. The maximum absolute atomic E-state index is 12.5. The van der Waals surface area contributed by atoms with Gasteiger partial charge in [-0.15, -0.1) is 35.8 Å². The smallest absolute Gasteiger partial charge is 0.406 e. The number of carbonyl (C=O) groups is 9. The highest BCUT2D eigenvalue weighted by Gasteiger charge is 2.31. The van der Waals surface area contributed by atoms with E-state index in [-0.39, 0.29) is 166 Å². The average molecular weight is 2060 g/mol. The van der Waals surface area contributed by atoms with E-state index in [1.165, 1.54) is 74.5 Å². The van der Waals surface area contributed by atoms with Crippen molar-refractivity contribution < 1.29 is 65.4 Å². The second-order valence-corrected chi connectivity index (χ2v) is 36.0. The van der Waals surface area contributed by atoms with Crippen molar-refractivity contribution in [3.63, 3.8) is 0 Å². The molecule has 15 N–H and O–H groups in total. The van der Waals surface area contributed by atoms with Crippen LogP contribution in [0.3, 0.4) is 0 Å². The van der Waals surface area contributed by atoms with Crippen molar-refractivity contribution in [1.29, 1.82) is 5.26 Å². The van der Waals surface area contributed by atoms with Gasteiger partial charge in [-0.05, 0) is 291 Å². The lowest BCUT2D eigenvalue weighted by Crippen LogP contribution is -2.39. The van der Waals surface area contributed by atoms with Crippen molar-refractivity contribution in [3.05, 3.63) is 294 Å². The van der Waals surface area contributed by atoms with Gasteiger partial charge in [-0.25, -0.2) is 33.2 Å². The fourth-order valence-corrected chi connectivity index (χ4v) is 12.8. The molecule has 34 heteroatoms. The number of hydrogen-bond acceptors (Lipinski definition) is 13. The van der Waals surface area contributed by atoms with Crippen molar-refractivity contribution in [1.82, 2.24) is 63.8 Å². The van der Waals surface area contributed by atoms with Crippen LogP contribution in [0.4, 0.5) is 63.4 Å². The third kappa shape index (κ3) is 64.6. The molecule has 0 unspecified atom stereocenters. The highest BCUT2D eigenvalue weighted by atomic mass is 35.5. The molecule has 0 saturated carbocycles. The molecule has 0 saturated heterocycles. The average Bonchev–Trinajstić information content (AvgIpc) is 1.67. The summed E-state index contributed by atoms with van der Waals surface area (Å²) < 4.78 is 53.0. The van der Waals surface area contributed by atoms with Gasteiger partial charge in [0.25, 0.3) is 11.8 Å². The van der Waals surface area contributed by atoms with Crippen LogP contribution < -0.4 is 84.5 Å². The van der Waals surface area contributed by atoms with Crippen molar-refractivity contribution in [2.45, 2.75) is 277 Å². The molecule has 15 amide bonds. The Hall–Kier alpha value is -13.5. The van der Waals surface area contributed by atoms with Crippen molar-refractivity contribution in [2.24, 2.45) is 0 Å². The van der Waals surface area contributed by atoms with E-state index in [9.17, 15) is 60.7 Å². The quantitative estimate of drug-likeness (QED) is 0.0267. The Labute approximate surface area is 866 Å². The second kappa shape index (κ2) is 74.5. The Morgan fingerprint density at radius 2 is 0.790 bits per heavy atom. The molecule has 0 aliphatic rings. The first-order valence-electron chi connectivity index (χ1n) is 44.0. The van der Waals surface area contributed by atoms with E-state index >= 15 is 0 Å². The number of rotatable bonds is 23. The standard InChI is InChI=1S/C15H17NO.2C12H18N2O.C12H13NOS.C11H13F3N2O2.C11H13N3O.C10H11Cl2NO.C10H13FN2O.C9H14N2OS.7CH4/c1-11(2)16-15(17)10-12-7-8-13-5-3-4-6-14(13)9-12;1-9(2)14-12(15)13-8-11-6-4-10(3)5-7-11;1-9(2)14-12(15)13-8-11-7-5-4-6-10(11)3;1-8(2)13-12(14)11-7-9-5-3-4-6-10(9)15-11;1-7(2)15-10(17)16-8-3-5-9(6-4-8)18-11(12,13)14;1-8(2)13-11(15)14-10-5-3-9(7-12)4-6-10;1-6(2)13-10(14)7-3-4-8(11)9(12)5-7;1-7(2)12-10(14)13-9-5-3-8(11)4-6-9;1-7(2)11-9(12)10-6-8-4-3-5-13-8;;;;;;;/h3-9,11H,10H2,1-2H3,(H,16,17);2*4-7,9H,8H2,1-3H3,(H2,13,14,15);3-8H,1-2H3,(H,13,14);3-7H,1-2H3,(H2,15,16,17);3-6,8H,1-2H3,(H2,13,14,15);3-6H,1-2H3,(H,13,14);3-7H,1-2H3,(H2,12,13,14);3-5,7H,6H2,1-2H3,(H2,10,11,12);7*1H4. The maximum Gasteiger partial charge on any atom is 0.573 e. The molecular weight excluding hydrogens is 1900 g/mol. The number of halogens is 6. The molecule has 788 valence electrons. The minimum absolute atomic E-state index is 0. The summed E-state index contributed by atoms with van der Waals surface area (Å²) >= 11 is 14.7. The summed E-state index contributed by atoms with van der Waals surface area (Å²) in [6, 6.07) is 68.3. The third-order valence-corrected chi connectivity index (χ3v) is 19.5. The molecule has 26 nitrogen and oxygen atoms in total. The molecule has 11 rings (SSSR count). The minimum atomic E-state index is -4.72. The maximum atomic E-state index is 12.5. The van der Waals surface area contributed by atoms with Crippen LogP contribution >= 0.6 is 45.9 Å². The van der Waals surface area contributed by atoms with Gasteiger partial charge in [0, 0.05) is 99.7 Å². The van der Waals surface area contributed by atoms with Gasteiger partial charge in [0.05, 0.1) is 39.5 Å². The number of alkyl halides is 3. The summed E-state index contributed by atoms with van der Waals surface area (Å²) in [4.78, 5) is 104. The number of amides is 15. The number of carbonyl (C=O) groups excluding carboxylic acids is 9. The first kappa shape index (κ1) is 138. The number of nitrogens with zero attached hydrogens (tertiary/aromatic N) is 1. The van der Waals surface area contributed by atoms with Crippen LogP contribution in [0.2, 0.25) is 10.0 Å². The molecule has 11 aromatic rings. The molecule has 0 atom stereocenters.